The van der Waals surface area contributed by atoms with E-state index in [0.29, 0.717) is 24.5 Å². The largest absolute Gasteiger partial charge is 0.493 e. The Kier molecular flexibility index (Phi) is 4.75. The summed E-state index contributed by atoms with van der Waals surface area (Å²) in [5, 5.41) is 8.89. The minimum atomic E-state index is 0.0698. The molecule has 2 aromatic rings. The van der Waals surface area contributed by atoms with Gasteiger partial charge < -0.3 is 14.6 Å². The zero-order valence-corrected chi connectivity index (χ0v) is 10.9. The molecule has 0 amide bonds. The minimum absolute atomic E-state index is 0.0698. The Morgan fingerprint density at radius 2 is 1.95 bits per heavy atom. The van der Waals surface area contributed by atoms with E-state index >= 15 is 0 Å². The van der Waals surface area contributed by atoms with Crippen LogP contribution in [0.4, 0.5) is 0 Å². The van der Waals surface area contributed by atoms with E-state index in [1.807, 2.05) is 30.3 Å². The second-order valence-corrected chi connectivity index (χ2v) is 4.07. The van der Waals surface area contributed by atoms with Crippen molar-refractivity contribution < 1.29 is 14.6 Å². The predicted octanol–water partition coefficient (Wildman–Crippen LogP) is 2.20. The van der Waals surface area contributed by atoms with Gasteiger partial charge in [0.1, 0.15) is 6.61 Å². The number of methoxy groups -OCH3 is 1. The summed E-state index contributed by atoms with van der Waals surface area (Å²) in [7, 11) is 1.59. The monoisotopic (exact) mass is 259 g/mol. The molecule has 1 aromatic carbocycles. The fourth-order valence-corrected chi connectivity index (χ4v) is 1.72. The number of benzene rings is 1. The topological polar surface area (TPSA) is 51.6 Å². The molecule has 1 N–H and O–H groups in total. The van der Waals surface area contributed by atoms with Crippen molar-refractivity contribution in [2.75, 3.05) is 13.7 Å². The third kappa shape index (κ3) is 3.69. The molecule has 0 aliphatic carbocycles. The van der Waals surface area contributed by atoms with Crippen molar-refractivity contribution >= 4 is 0 Å². The van der Waals surface area contributed by atoms with Gasteiger partial charge in [-0.25, -0.2) is 0 Å². The fourth-order valence-electron chi connectivity index (χ4n) is 1.72. The van der Waals surface area contributed by atoms with Crippen LogP contribution in [-0.2, 0) is 13.0 Å². The Morgan fingerprint density at radius 1 is 1.16 bits per heavy atom. The van der Waals surface area contributed by atoms with Gasteiger partial charge in [-0.05, 0) is 5.56 Å². The number of pyridine rings is 1. The number of hydrogen-bond donors (Lipinski definition) is 1. The fraction of sp³-hybridized carbons (Fsp3) is 0.267. The van der Waals surface area contributed by atoms with Gasteiger partial charge in [-0.15, -0.1) is 0 Å². The third-order valence-electron chi connectivity index (χ3n) is 2.71. The smallest absolute Gasteiger partial charge is 0.179 e. The van der Waals surface area contributed by atoms with Crippen LogP contribution in [0.5, 0.6) is 11.5 Å². The second-order valence-electron chi connectivity index (χ2n) is 4.07. The lowest BCUT2D eigenvalue weighted by molar-refractivity contribution is 0.281. The SMILES string of the molecule is COc1cc(CCO)ncc1OCc1ccccc1. The van der Waals surface area contributed by atoms with Crippen LogP contribution in [0.15, 0.2) is 42.6 Å². The Balaban J connectivity index is 2.07. The van der Waals surface area contributed by atoms with Crippen molar-refractivity contribution in [3.8, 4) is 11.5 Å². The average Bonchev–Trinajstić information content (AvgIpc) is 2.47. The quantitative estimate of drug-likeness (QED) is 0.864. The molecule has 19 heavy (non-hydrogen) atoms. The van der Waals surface area contributed by atoms with Crippen molar-refractivity contribution in [3.63, 3.8) is 0 Å². The van der Waals surface area contributed by atoms with E-state index in [9.17, 15) is 0 Å². The van der Waals surface area contributed by atoms with Gasteiger partial charge in [0.2, 0.25) is 0 Å². The standard InChI is InChI=1S/C15H17NO3/c1-18-14-9-13(7-8-17)16-10-15(14)19-11-12-5-3-2-4-6-12/h2-6,9-10,17H,7-8,11H2,1H3. The first-order valence-electron chi connectivity index (χ1n) is 6.14. The summed E-state index contributed by atoms with van der Waals surface area (Å²) in [6.07, 6.45) is 2.14. The van der Waals surface area contributed by atoms with Crippen LogP contribution in [0.2, 0.25) is 0 Å². The van der Waals surface area contributed by atoms with E-state index in [1.165, 1.54) is 0 Å². The van der Waals surface area contributed by atoms with Gasteiger partial charge in [0.15, 0.2) is 11.5 Å². The van der Waals surface area contributed by atoms with E-state index in [1.54, 1.807) is 19.4 Å². The highest BCUT2D eigenvalue weighted by atomic mass is 16.5. The first-order chi connectivity index (χ1) is 9.33. The summed E-state index contributed by atoms with van der Waals surface area (Å²) >= 11 is 0. The van der Waals surface area contributed by atoms with Crippen molar-refractivity contribution in [3.05, 3.63) is 53.9 Å². The van der Waals surface area contributed by atoms with E-state index in [0.717, 1.165) is 11.3 Å². The molecule has 0 aliphatic heterocycles. The molecule has 1 aromatic heterocycles. The van der Waals surface area contributed by atoms with Crippen LogP contribution in [0, 0.1) is 0 Å². The first-order valence-corrected chi connectivity index (χ1v) is 6.14. The number of hydrogen-bond acceptors (Lipinski definition) is 4. The van der Waals surface area contributed by atoms with Crippen LogP contribution in [0.3, 0.4) is 0 Å². The van der Waals surface area contributed by atoms with E-state index in [-0.39, 0.29) is 6.61 Å². The molecule has 4 heteroatoms. The Hall–Kier alpha value is -2.07. The number of aromatic nitrogens is 1. The van der Waals surface area contributed by atoms with Gasteiger partial charge in [-0.3, -0.25) is 4.98 Å². The van der Waals surface area contributed by atoms with E-state index < -0.39 is 0 Å². The van der Waals surface area contributed by atoms with Crippen molar-refractivity contribution in [1.82, 2.24) is 4.98 Å². The van der Waals surface area contributed by atoms with Crippen LogP contribution < -0.4 is 9.47 Å². The molecule has 100 valence electrons. The lowest BCUT2D eigenvalue weighted by atomic mass is 10.2. The number of nitrogens with zero attached hydrogens (tertiary/aromatic N) is 1. The molecule has 0 unspecified atom stereocenters. The first kappa shape index (κ1) is 13.4. The Bertz CT molecular complexity index is 514. The summed E-state index contributed by atoms with van der Waals surface area (Å²) in [5.41, 5.74) is 1.87. The zero-order chi connectivity index (χ0) is 13.5. The van der Waals surface area contributed by atoms with Crippen LogP contribution >= 0.6 is 0 Å². The molecule has 0 atom stereocenters. The van der Waals surface area contributed by atoms with E-state index in [4.69, 9.17) is 14.6 Å². The normalized spacial score (nSPS) is 10.2. The number of aliphatic hydroxyl groups is 1. The Morgan fingerprint density at radius 3 is 2.63 bits per heavy atom. The number of rotatable bonds is 6. The van der Waals surface area contributed by atoms with Crippen LogP contribution in [0.1, 0.15) is 11.3 Å². The highest BCUT2D eigenvalue weighted by Crippen LogP contribution is 2.27. The van der Waals surface area contributed by atoms with E-state index in [2.05, 4.69) is 4.98 Å². The van der Waals surface area contributed by atoms with Gasteiger partial charge in [-0.1, -0.05) is 30.3 Å². The molecule has 2 rings (SSSR count). The van der Waals surface area contributed by atoms with Crippen LogP contribution in [0.25, 0.3) is 0 Å². The molecule has 0 aliphatic rings. The zero-order valence-electron chi connectivity index (χ0n) is 10.9. The molecule has 0 bridgehead atoms. The molecule has 0 fully saturated rings. The Labute approximate surface area is 112 Å². The summed E-state index contributed by atoms with van der Waals surface area (Å²) in [6, 6.07) is 11.7. The maximum Gasteiger partial charge on any atom is 0.179 e. The molecular weight excluding hydrogens is 242 g/mol. The summed E-state index contributed by atoms with van der Waals surface area (Å²) in [5.74, 6) is 1.24. The highest BCUT2D eigenvalue weighted by Gasteiger charge is 2.07. The summed E-state index contributed by atoms with van der Waals surface area (Å²) in [4.78, 5) is 4.22. The molecular formula is C15H17NO3. The van der Waals surface area contributed by atoms with Crippen LogP contribution in [-0.4, -0.2) is 23.8 Å². The number of ether oxygens (including phenoxy) is 2. The lowest BCUT2D eigenvalue weighted by Crippen LogP contribution is -2.01. The average molecular weight is 259 g/mol. The van der Waals surface area contributed by atoms with Crippen molar-refractivity contribution in [2.24, 2.45) is 0 Å². The molecule has 0 spiro atoms. The maximum atomic E-state index is 8.89. The summed E-state index contributed by atoms with van der Waals surface area (Å²) < 4.78 is 11.0. The van der Waals surface area contributed by atoms with Crippen molar-refractivity contribution in [1.29, 1.82) is 0 Å². The lowest BCUT2D eigenvalue weighted by Gasteiger charge is -2.11. The van der Waals surface area contributed by atoms with Gasteiger partial charge >= 0.3 is 0 Å². The summed E-state index contributed by atoms with van der Waals surface area (Å²) in [6.45, 7) is 0.540. The number of aliphatic hydroxyl groups excluding tert-OH is 1. The third-order valence-corrected chi connectivity index (χ3v) is 2.71. The molecule has 0 radical (unpaired) electrons. The van der Waals surface area contributed by atoms with Gasteiger partial charge in [0, 0.05) is 24.8 Å². The molecule has 0 saturated heterocycles. The maximum absolute atomic E-state index is 8.89. The molecule has 4 nitrogen and oxygen atoms in total. The van der Waals surface area contributed by atoms with Crippen molar-refractivity contribution in [2.45, 2.75) is 13.0 Å². The molecule has 0 saturated carbocycles. The van der Waals surface area contributed by atoms with Gasteiger partial charge in [-0.2, -0.15) is 0 Å². The van der Waals surface area contributed by atoms with Gasteiger partial charge in [0.25, 0.3) is 0 Å². The second kappa shape index (κ2) is 6.75. The predicted molar refractivity (Wildman–Crippen MR) is 72.4 cm³/mol. The molecule has 1 heterocycles. The highest BCUT2D eigenvalue weighted by molar-refractivity contribution is 5.39. The minimum Gasteiger partial charge on any atom is -0.493 e. The van der Waals surface area contributed by atoms with Gasteiger partial charge in [0.05, 0.1) is 13.3 Å².